The van der Waals surface area contributed by atoms with Gasteiger partial charge in [0.25, 0.3) is 0 Å². The van der Waals surface area contributed by atoms with Gasteiger partial charge in [-0.25, -0.2) is 9.78 Å². The molecule has 122 valence electrons. The molecule has 6 nitrogen and oxygen atoms in total. The number of fused-ring (bicyclic) bond motifs is 1. The molecule has 7 heteroatoms. The van der Waals surface area contributed by atoms with Crippen LogP contribution in [-0.2, 0) is 16.0 Å². The number of carbonyl (C=O) groups is 2. The highest BCUT2D eigenvalue weighted by molar-refractivity contribution is 6.30. The van der Waals surface area contributed by atoms with Crippen molar-refractivity contribution in [3.05, 3.63) is 71.1 Å². The largest absolute Gasteiger partial charge is 0.479 e. The van der Waals surface area contributed by atoms with Crippen molar-refractivity contribution in [1.82, 2.24) is 14.7 Å². The second kappa shape index (κ2) is 6.72. The summed E-state index contributed by atoms with van der Waals surface area (Å²) in [6.07, 6.45) is 3.37. The summed E-state index contributed by atoms with van der Waals surface area (Å²) in [6, 6.07) is 10.9. The zero-order chi connectivity index (χ0) is 17.1. The Morgan fingerprint density at radius 3 is 2.62 bits per heavy atom. The van der Waals surface area contributed by atoms with Crippen LogP contribution in [0.3, 0.4) is 0 Å². The number of amides is 1. The number of imidazole rings is 1. The number of aromatic nitrogens is 2. The maximum absolute atomic E-state index is 12.2. The first-order valence-corrected chi connectivity index (χ1v) is 7.61. The van der Waals surface area contributed by atoms with Gasteiger partial charge in [-0.05, 0) is 17.7 Å². The van der Waals surface area contributed by atoms with E-state index in [0.29, 0.717) is 21.9 Å². The lowest BCUT2D eigenvalue weighted by atomic mass is 10.1. The van der Waals surface area contributed by atoms with Crippen LogP contribution in [0.1, 0.15) is 17.3 Å². The van der Waals surface area contributed by atoms with Gasteiger partial charge in [0.15, 0.2) is 6.04 Å². The number of carboxylic acid groups (broad SMARTS) is 1. The van der Waals surface area contributed by atoms with Crippen molar-refractivity contribution >= 4 is 29.1 Å². The molecule has 0 aliphatic heterocycles. The molecule has 1 aromatic carbocycles. The van der Waals surface area contributed by atoms with Gasteiger partial charge >= 0.3 is 5.97 Å². The van der Waals surface area contributed by atoms with Crippen molar-refractivity contribution in [3.8, 4) is 0 Å². The molecule has 0 saturated carbocycles. The van der Waals surface area contributed by atoms with E-state index >= 15 is 0 Å². The Balaban J connectivity index is 1.74. The van der Waals surface area contributed by atoms with Gasteiger partial charge in [-0.15, -0.1) is 0 Å². The maximum atomic E-state index is 12.2. The Morgan fingerprint density at radius 2 is 1.92 bits per heavy atom. The minimum Gasteiger partial charge on any atom is -0.479 e. The molecule has 1 amide bonds. The number of benzene rings is 1. The maximum Gasteiger partial charge on any atom is 0.330 e. The summed E-state index contributed by atoms with van der Waals surface area (Å²) in [5.41, 5.74) is 1.71. The van der Waals surface area contributed by atoms with Gasteiger partial charge < -0.3 is 14.8 Å². The van der Waals surface area contributed by atoms with Gasteiger partial charge in [-0.2, -0.15) is 0 Å². The summed E-state index contributed by atoms with van der Waals surface area (Å²) in [7, 11) is 0. The Kier molecular flexibility index (Phi) is 4.48. The molecule has 2 aromatic heterocycles. The van der Waals surface area contributed by atoms with E-state index in [0.717, 1.165) is 0 Å². The minimum atomic E-state index is -1.11. The molecule has 2 N–H and O–H groups in total. The molecule has 0 spiro atoms. The van der Waals surface area contributed by atoms with Crippen LogP contribution in [0.4, 0.5) is 0 Å². The van der Waals surface area contributed by atoms with E-state index in [1.165, 1.54) is 0 Å². The van der Waals surface area contributed by atoms with Crippen LogP contribution < -0.4 is 5.32 Å². The number of nitrogens with zero attached hydrogens (tertiary/aromatic N) is 2. The van der Waals surface area contributed by atoms with Crippen molar-refractivity contribution in [1.29, 1.82) is 0 Å². The highest BCUT2D eigenvalue weighted by atomic mass is 35.5. The molecular weight excluding hydrogens is 330 g/mol. The van der Waals surface area contributed by atoms with E-state index < -0.39 is 17.9 Å². The van der Waals surface area contributed by atoms with Crippen LogP contribution in [0.5, 0.6) is 0 Å². The predicted molar refractivity (Wildman–Crippen MR) is 88.9 cm³/mol. The molecular formula is C17H14ClN3O3. The first-order chi connectivity index (χ1) is 11.5. The van der Waals surface area contributed by atoms with E-state index in [1.807, 2.05) is 0 Å². The third-order valence-electron chi connectivity index (χ3n) is 3.49. The smallest absolute Gasteiger partial charge is 0.330 e. The number of carbonyl (C=O) groups excluding carboxylic acids is 1. The summed E-state index contributed by atoms with van der Waals surface area (Å²) in [5, 5.41) is 12.4. The molecule has 3 aromatic rings. The van der Waals surface area contributed by atoms with Crippen molar-refractivity contribution in [2.75, 3.05) is 0 Å². The number of halogens is 1. The van der Waals surface area contributed by atoms with E-state index in [1.54, 1.807) is 59.3 Å². The van der Waals surface area contributed by atoms with Crippen LogP contribution >= 0.6 is 11.6 Å². The highest BCUT2D eigenvalue weighted by Gasteiger charge is 2.22. The van der Waals surface area contributed by atoms with Crippen molar-refractivity contribution in [3.63, 3.8) is 0 Å². The molecule has 0 saturated heterocycles. The van der Waals surface area contributed by atoms with E-state index in [9.17, 15) is 14.7 Å². The number of nitrogens with one attached hydrogen (secondary N) is 1. The Bertz CT molecular complexity index is 892. The summed E-state index contributed by atoms with van der Waals surface area (Å²) in [5.74, 6) is -1.53. The fourth-order valence-corrected chi connectivity index (χ4v) is 2.58. The van der Waals surface area contributed by atoms with Crippen LogP contribution in [0.25, 0.3) is 5.65 Å². The van der Waals surface area contributed by atoms with Crippen molar-refractivity contribution in [2.24, 2.45) is 0 Å². The van der Waals surface area contributed by atoms with Gasteiger partial charge in [0.1, 0.15) is 5.65 Å². The van der Waals surface area contributed by atoms with Crippen molar-refractivity contribution < 1.29 is 14.7 Å². The lowest BCUT2D eigenvalue weighted by Gasteiger charge is -2.14. The zero-order valence-corrected chi connectivity index (χ0v) is 13.3. The molecule has 0 aliphatic carbocycles. The zero-order valence-electron chi connectivity index (χ0n) is 12.5. The summed E-state index contributed by atoms with van der Waals surface area (Å²) < 4.78 is 1.72. The minimum absolute atomic E-state index is 0.0179. The first kappa shape index (κ1) is 16.0. The van der Waals surface area contributed by atoms with Crippen LogP contribution in [0.2, 0.25) is 5.02 Å². The Labute approximate surface area is 142 Å². The molecule has 1 unspecified atom stereocenters. The van der Waals surface area contributed by atoms with Gasteiger partial charge in [0.2, 0.25) is 5.91 Å². The van der Waals surface area contributed by atoms with Gasteiger partial charge in [-0.3, -0.25) is 4.79 Å². The van der Waals surface area contributed by atoms with E-state index in [2.05, 4.69) is 10.3 Å². The quantitative estimate of drug-likeness (QED) is 0.745. The van der Waals surface area contributed by atoms with Gasteiger partial charge in [0, 0.05) is 12.4 Å². The molecule has 2 heterocycles. The lowest BCUT2D eigenvalue weighted by Crippen LogP contribution is -2.34. The predicted octanol–water partition coefficient (Wildman–Crippen LogP) is 2.47. The Hall–Kier alpha value is -2.86. The van der Waals surface area contributed by atoms with Gasteiger partial charge in [-0.1, -0.05) is 41.9 Å². The number of aliphatic carboxylic acids is 1. The summed E-state index contributed by atoms with van der Waals surface area (Å²) in [4.78, 5) is 27.9. The normalized spacial score (nSPS) is 12.0. The number of hydrogen-bond donors (Lipinski definition) is 2. The van der Waals surface area contributed by atoms with Gasteiger partial charge in [0.05, 0.1) is 17.1 Å². The molecule has 24 heavy (non-hydrogen) atoms. The molecule has 0 fully saturated rings. The average Bonchev–Trinajstić information content (AvgIpc) is 2.94. The SMILES string of the molecule is O=C(Cc1cn2cc(Cl)ccc2n1)NC(C(=O)O)c1ccccc1. The fraction of sp³-hybridized carbons (Fsp3) is 0.118. The summed E-state index contributed by atoms with van der Waals surface area (Å²) >= 11 is 5.91. The third-order valence-corrected chi connectivity index (χ3v) is 3.72. The highest BCUT2D eigenvalue weighted by Crippen LogP contribution is 2.14. The topological polar surface area (TPSA) is 83.7 Å². The third kappa shape index (κ3) is 3.55. The second-order valence-corrected chi connectivity index (χ2v) is 5.71. The summed E-state index contributed by atoms with van der Waals surface area (Å²) in [6.45, 7) is 0. The van der Waals surface area contributed by atoms with E-state index in [-0.39, 0.29) is 6.42 Å². The van der Waals surface area contributed by atoms with Crippen LogP contribution in [-0.4, -0.2) is 26.4 Å². The fourth-order valence-electron chi connectivity index (χ4n) is 2.41. The van der Waals surface area contributed by atoms with Crippen LogP contribution in [0.15, 0.2) is 54.9 Å². The molecule has 3 rings (SSSR count). The molecule has 0 radical (unpaired) electrons. The number of hydrogen-bond acceptors (Lipinski definition) is 3. The number of pyridine rings is 1. The lowest BCUT2D eigenvalue weighted by molar-refractivity contribution is -0.142. The number of carboxylic acids is 1. The second-order valence-electron chi connectivity index (χ2n) is 5.27. The molecule has 0 bridgehead atoms. The van der Waals surface area contributed by atoms with E-state index in [4.69, 9.17) is 11.6 Å². The first-order valence-electron chi connectivity index (χ1n) is 7.23. The average molecular weight is 344 g/mol. The Morgan fingerprint density at radius 1 is 1.17 bits per heavy atom. The van der Waals surface area contributed by atoms with Crippen LogP contribution in [0, 0.1) is 0 Å². The monoisotopic (exact) mass is 343 g/mol. The standard InChI is InChI=1S/C17H14ClN3O3/c18-12-6-7-14-19-13(10-21(14)9-12)8-15(22)20-16(17(23)24)11-4-2-1-3-5-11/h1-7,9-10,16H,8H2,(H,20,22)(H,23,24). The van der Waals surface area contributed by atoms with Crippen molar-refractivity contribution in [2.45, 2.75) is 12.5 Å². The number of rotatable bonds is 5. The molecule has 0 aliphatic rings. The molecule has 1 atom stereocenters.